The van der Waals surface area contributed by atoms with Crippen LogP contribution in [0.5, 0.6) is 0 Å². The number of nitrogens with two attached hydrogens (primary N) is 1. The Morgan fingerprint density at radius 2 is 1.77 bits per heavy atom. The first-order valence-electron chi connectivity index (χ1n) is 8.05. The SMILES string of the molecule is NC(=O)[C@@H](Cc1cnc2ccccc2n1)NC(=O)Cc1ccc(F)cc1. The first-order chi connectivity index (χ1) is 12.5. The first kappa shape index (κ1) is 17.5. The number of halogens is 1. The van der Waals surface area contributed by atoms with Gasteiger partial charge in [0.05, 0.1) is 23.1 Å². The van der Waals surface area contributed by atoms with Gasteiger partial charge in [-0.2, -0.15) is 0 Å². The monoisotopic (exact) mass is 352 g/mol. The highest BCUT2D eigenvalue weighted by Crippen LogP contribution is 2.10. The summed E-state index contributed by atoms with van der Waals surface area (Å²) in [6, 6.07) is 12.0. The second kappa shape index (κ2) is 7.69. The van der Waals surface area contributed by atoms with Crippen molar-refractivity contribution >= 4 is 22.8 Å². The third kappa shape index (κ3) is 4.38. The van der Waals surface area contributed by atoms with Gasteiger partial charge in [-0.05, 0) is 29.8 Å². The van der Waals surface area contributed by atoms with Crippen molar-refractivity contribution in [2.45, 2.75) is 18.9 Å². The standard InChI is InChI=1S/C19H17FN4O2/c20-13-7-5-12(6-8-13)9-18(25)24-17(19(21)26)10-14-11-22-15-3-1-2-4-16(15)23-14/h1-8,11,17H,9-10H2,(H2,21,26)(H,24,25)/t17-/m1/s1. The number of carbonyl (C=O) groups is 2. The minimum Gasteiger partial charge on any atom is -0.368 e. The number of hydrogen-bond donors (Lipinski definition) is 2. The van der Waals surface area contributed by atoms with Crippen molar-refractivity contribution in [1.82, 2.24) is 15.3 Å². The summed E-state index contributed by atoms with van der Waals surface area (Å²) in [4.78, 5) is 32.6. The van der Waals surface area contributed by atoms with Crippen LogP contribution in [-0.4, -0.2) is 27.8 Å². The highest BCUT2D eigenvalue weighted by atomic mass is 19.1. The fourth-order valence-corrected chi connectivity index (χ4v) is 2.56. The number of benzene rings is 2. The molecule has 132 valence electrons. The first-order valence-corrected chi connectivity index (χ1v) is 8.05. The number of nitrogens with one attached hydrogen (secondary N) is 1. The van der Waals surface area contributed by atoms with Gasteiger partial charge in [-0.1, -0.05) is 24.3 Å². The number of carbonyl (C=O) groups excluding carboxylic acids is 2. The Kier molecular flexibility index (Phi) is 5.17. The Morgan fingerprint density at radius 3 is 2.46 bits per heavy atom. The Labute approximate surface area is 149 Å². The van der Waals surface area contributed by atoms with Gasteiger partial charge in [-0.3, -0.25) is 14.6 Å². The maximum absolute atomic E-state index is 12.9. The molecule has 2 amide bonds. The van der Waals surface area contributed by atoms with E-state index in [1.165, 1.54) is 24.3 Å². The lowest BCUT2D eigenvalue weighted by Crippen LogP contribution is -2.46. The maximum atomic E-state index is 12.9. The van der Waals surface area contributed by atoms with E-state index in [0.29, 0.717) is 16.8 Å². The summed E-state index contributed by atoms with van der Waals surface area (Å²) in [7, 11) is 0. The minimum atomic E-state index is -0.904. The van der Waals surface area contributed by atoms with Crippen LogP contribution >= 0.6 is 0 Å². The fourth-order valence-electron chi connectivity index (χ4n) is 2.56. The molecule has 0 aliphatic carbocycles. The maximum Gasteiger partial charge on any atom is 0.240 e. The lowest BCUT2D eigenvalue weighted by atomic mass is 10.1. The van der Waals surface area contributed by atoms with Crippen molar-refractivity contribution < 1.29 is 14.0 Å². The lowest BCUT2D eigenvalue weighted by molar-refractivity contribution is -0.127. The largest absolute Gasteiger partial charge is 0.368 e. The van der Waals surface area contributed by atoms with Gasteiger partial charge < -0.3 is 11.1 Å². The molecule has 0 spiro atoms. The summed E-state index contributed by atoms with van der Waals surface area (Å²) in [5.74, 6) is -1.42. The van der Waals surface area contributed by atoms with Crippen molar-refractivity contribution in [3.8, 4) is 0 Å². The lowest BCUT2D eigenvalue weighted by Gasteiger charge is -2.15. The van der Waals surface area contributed by atoms with E-state index in [0.717, 1.165) is 5.52 Å². The van der Waals surface area contributed by atoms with Gasteiger partial charge in [0.25, 0.3) is 0 Å². The summed E-state index contributed by atoms with van der Waals surface area (Å²) in [5, 5.41) is 2.60. The highest BCUT2D eigenvalue weighted by molar-refractivity contribution is 5.87. The van der Waals surface area contributed by atoms with Crippen molar-refractivity contribution in [3.63, 3.8) is 0 Å². The van der Waals surface area contributed by atoms with E-state index in [1.807, 2.05) is 24.3 Å². The summed E-state index contributed by atoms with van der Waals surface area (Å²) >= 11 is 0. The van der Waals surface area contributed by atoms with Crippen LogP contribution in [0.4, 0.5) is 4.39 Å². The quantitative estimate of drug-likeness (QED) is 0.703. The summed E-state index contributed by atoms with van der Waals surface area (Å²) in [6.07, 6.45) is 1.72. The molecule has 0 aliphatic heterocycles. The molecule has 1 heterocycles. The number of para-hydroxylation sites is 2. The van der Waals surface area contributed by atoms with E-state index in [2.05, 4.69) is 15.3 Å². The third-order valence-electron chi connectivity index (χ3n) is 3.87. The number of aromatic nitrogens is 2. The van der Waals surface area contributed by atoms with Crippen LogP contribution in [0, 0.1) is 5.82 Å². The zero-order valence-electron chi connectivity index (χ0n) is 13.9. The van der Waals surface area contributed by atoms with Crippen LogP contribution < -0.4 is 11.1 Å². The van der Waals surface area contributed by atoms with Crippen LogP contribution in [0.1, 0.15) is 11.3 Å². The second-order valence-corrected chi connectivity index (χ2v) is 5.88. The molecule has 7 heteroatoms. The molecule has 6 nitrogen and oxygen atoms in total. The molecule has 0 fully saturated rings. The van der Waals surface area contributed by atoms with Crippen LogP contribution in [0.15, 0.2) is 54.7 Å². The van der Waals surface area contributed by atoms with Crippen LogP contribution in [0.25, 0.3) is 11.0 Å². The molecule has 0 bridgehead atoms. The number of primary amides is 1. The van der Waals surface area contributed by atoms with Crippen molar-refractivity contribution in [2.75, 3.05) is 0 Å². The summed E-state index contributed by atoms with van der Waals surface area (Å²) < 4.78 is 12.9. The number of nitrogens with zero attached hydrogens (tertiary/aromatic N) is 2. The number of hydrogen-bond acceptors (Lipinski definition) is 4. The van der Waals surface area contributed by atoms with Gasteiger partial charge in [0.2, 0.25) is 11.8 Å². The van der Waals surface area contributed by atoms with Gasteiger partial charge in [-0.25, -0.2) is 9.37 Å². The third-order valence-corrected chi connectivity index (χ3v) is 3.87. The van der Waals surface area contributed by atoms with E-state index in [1.54, 1.807) is 6.20 Å². The number of rotatable bonds is 6. The molecule has 3 rings (SSSR count). The average molecular weight is 352 g/mol. The number of amides is 2. The molecule has 1 atom stereocenters. The molecule has 0 unspecified atom stereocenters. The molecule has 0 radical (unpaired) electrons. The number of fused-ring (bicyclic) bond motifs is 1. The van der Waals surface area contributed by atoms with Crippen LogP contribution in [0.2, 0.25) is 0 Å². The van der Waals surface area contributed by atoms with Gasteiger partial charge in [0.15, 0.2) is 0 Å². The average Bonchev–Trinajstić information content (AvgIpc) is 2.63. The van der Waals surface area contributed by atoms with Crippen LogP contribution in [0.3, 0.4) is 0 Å². The molecular weight excluding hydrogens is 335 g/mol. The zero-order valence-corrected chi connectivity index (χ0v) is 13.9. The Morgan fingerprint density at radius 1 is 1.08 bits per heavy atom. The summed E-state index contributed by atoms with van der Waals surface area (Å²) in [5.41, 5.74) is 8.04. The van der Waals surface area contributed by atoms with Crippen molar-refractivity contribution in [2.24, 2.45) is 5.73 Å². The molecule has 0 saturated heterocycles. The van der Waals surface area contributed by atoms with Gasteiger partial charge in [0.1, 0.15) is 11.9 Å². The van der Waals surface area contributed by atoms with E-state index in [4.69, 9.17) is 5.73 Å². The fraction of sp³-hybridized carbons (Fsp3) is 0.158. The topological polar surface area (TPSA) is 98.0 Å². The molecule has 0 saturated carbocycles. The molecular formula is C19H17FN4O2. The smallest absolute Gasteiger partial charge is 0.240 e. The van der Waals surface area contributed by atoms with Crippen molar-refractivity contribution in [1.29, 1.82) is 0 Å². The predicted molar refractivity (Wildman–Crippen MR) is 94.5 cm³/mol. The van der Waals surface area contributed by atoms with E-state index >= 15 is 0 Å². The van der Waals surface area contributed by atoms with Gasteiger partial charge in [-0.15, -0.1) is 0 Å². The van der Waals surface area contributed by atoms with Gasteiger partial charge >= 0.3 is 0 Å². The van der Waals surface area contributed by atoms with E-state index in [9.17, 15) is 14.0 Å². The molecule has 2 aromatic carbocycles. The predicted octanol–water partition coefficient (Wildman–Crippen LogP) is 1.52. The molecule has 0 aliphatic rings. The molecule has 1 aromatic heterocycles. The Hall–Kier alpha value is -3.35. The Bertz CT molecular complexity index is 944. The van der Waals surface area contributed by atoms with E-state index < -0.39 is 11.9 Å². The normalized spacial score (nSPS) is 11.9. The zero-order chi connectivity index (χ0) is 18.5. The molecule has 3 aromatic rings. The van der Waals surface area contributed by atoms with Gasteiger partial charge in [0, 0.05) is 12.6 Å². The second-order valence-electron chi connectivity index (χ2n) is 5.88. The van der Waals surface area contributed by atoms with E-state index in [-0.39, 0.29) is 24.6 Å². The minimum absolute atomic E-state index is 0.0213. The highest BCUT2D eigenvalue weighted by Gasteiger charge is 2.20. The summed E-state index contributed by atoms with van der Waals surface area (Å²) in [6.45, 7) is 0. The van der Waals surface area contributed by atoms with Crippen LogP contribution in [-0.2, 0) is 22.4 Å². The Balaban J connectivity index is 1.68. The molecule has 3 N–H and O–H groups in total. The molecule has 26 heavy (non-hydrogen) atoms. The van der Waals surface area contributed by atoms with Crippen molar-refractivity contribution in [3.05, 3.63) is 71.8 Å².